The van der Waals surface area contributed by atoms with Crippen molar-refractivity contribution in [1.82, 2.24) is 9.78 Å². The number of Topliss-reactive ketones (excluding diaryl/α,β-unsaturated/α-hetero) is 1. The van der Waals surface area contributed by atoms with Crippen molar-refractivity contribution in [1.29, 1.82) is 0 Å². The maximum absolute atomic E-state index is 13.1. The summed E-state index contributed by atoms with van der Waals surface area (Å²) in [5, 5.41) is 17.9. The Hall–Kier alpha value is -3.29. The summed E-state index contributed by atoms with van der Waals surface area (Å²) >= 11 is 0. The molecule has 0 spiro atoms. The average molecular weight is 397 g/mol. The number of ketones is 1. The highest BCUT2D eigenvalue weighted by Crippen LogP contribution is 2.47. The summed E-state index contributed by atoms with van der Waals surface area (Å²) in [4.78, 5) is 25.3. The third-order valence-electron chi connectivity index (χ3n) is 5.43. The van der Waals surface area contributed by atoms with Crippen molar-refractivity contribution in [3.05, 3.63) is 46.8 Å². The normalized spacial score (nSPS) is 19.9. The number of fused-ring (bicyclic) bond motifs is 1. The molecule has 1 aromatic carbocycles. The van der Waals surface area contributed by atoms with Gasteiger partial charge in [-0.25, -0.2) is 9.48 Å². The summed E-state index contributed by atoms with van der Waals surface area (Å²) in [6, 6.07) is 4.43. The van der Waals surface area contributed by atoms with Gasteiger partial charge in [-0.2, -0.15) is 5.10 Å². The standard InChI is InChI=1S/C21H23N3O5/c1-21(2)8-13-17(15(26)9-21)18(11-5-6-16(28-3)14(25)7-11)24-19(23-13)12(10-22-24)20(27)29-4/h5-7,10,18,23,25H,8-9H2,1-4H3/t18-/m0/s1. The fourth-order valence-electron chi connectivity index (χ4n) is 4.16. The van der Waals surface area contributed by atoms with E-state index in [0.717, 1.165) is 5.70 Å². The van der Waals surface area contributed by atoms with Crippen LogP contribution in [0.25, 0.3) is 0 Å². The van der Waals surface area contributed by atoms with Crippen molar-refractivity contribution in [2.24, 2.45) is 5.41 Å². The summed E-state index contributed by atoms with van der Waals surface area (Å²) in [7, 11) is 2.78. The fourth-order valence-corrected chi connectivity index (χ4v) is 4.16. The van der Waals surface area contributed by atoms with Crippen LogP contribution in [0.4, 0.5) is 5.82 Å². The second-order valence-electron chi connectivity index (χ2n) is 8.13. The summed E-state index contributed by atoms with van der Waals surface area (Å²) in [5.41, 5.74) is 2.12. The van der Waals surface area contributed by atoms with E-state index in [-0.39, 0.29) is 22.5 Å². The van der Waals surface area contributed by atoms with Crippen LogP contribution < -0.4 is 10.1 Å². The van der Waals surface area contributed by atoms with Gasteiger partial charge in [0.2, 0.25) is 0 Å². The van der Waals surface area contributed by atoms with Gasteiger partial charge in [0.1, 0.15) is 17.4 Å². The van der Waals surface area contributed by atoms with Crippen LogP contribution in [-0.4, -0.2) is 40.9 Å². The SMILES string of the molecule is COC(=O)c1cnn2c1NC1=C(C(=O)CC(C)(C)C1)[C@@H]2c1ccc(OC)c(O)c1. The van der Waals surface area contributed by atoms with Gasteiger partial charge in [-0.15, -0.1) is 0 Å². The number of nitrogens with one attached hydrogen (secondary N) is 1. The van der Waals surface area contributed by atoms with E-state index in [2.05, 4.69) is 10.4 Å². The maximum Gasteiger partial charge on any atom is 0.343 e. The molecule has 1 aliphatic carbocycles. The molecule has 0 bridgehead atoms. The third-order valence-corrected chi connectivity index (χ3v) is 5.43. The number of aromatic hydroxyl groups is 1. The van der Waals surface area contributed by atoms with Crippen molar-refractivity contribution in [2.75, 3.05) is 19.5 Å². The molecule has 2 aromatic rings. The number of rotatable bonds is 3. The Morgan fingerprint density at radius 2 is 2.07 bits per heavy atom. The number of esters is 1. The molecule has 1 aliphatic heterocycles. The number of phenols is 1. The lowest BCUT2D eigenvalue weighted by Gasteiger charge is -2.39. The molecular formula is C21H23N3O5. The first-order chi connectivity index (χ1) is 13.8. The van der Waals surface area contributed by atoms with Gasteiger partial charge in [-0.3, -0.25) is 4.79 Å². The average Bonchev–Trinajstić information content (AvgIpc) is 3.08. The van der Waals surface area contributed by atoms with E-state index in [4.69, 9.17) is 9.47 Å². The molecule has 0 saturated carbocycles. The Labute approximate surface area is 168 Å². The highest BCUT2D eigenvalue weighted by atomic mass is 16.5. The van der Waals surface area contributed by atoms with Crippen molar-refractivity contribution < 1.29 is 24.2 Å². The Balaban J connectivity index is 1.92. The molecule has 0 saturated heterocycles. The van der Waals surface area contributed by atoms with Crippen LogP contribution >= 0.6 is 0 Å². The molecule has 2 N–H and O–H groups in total. The van der Waals surface area contributed by atoms with Crippen LogP contribution in [0.2, 0.25) is 0 Å². The molecule has 1 aromatic heterocycles. The fraction of sp³-hybridized carbons (Fsp3) is 0.381. The predicted molar refractivity (Wildman–Crippen MR) is 105 cm³/mol. The predicted octanol–water partition coefficient (Wildman–Crippen LogP) is 3.04. The number of hydrogen-bond donors (Lipinski definition) is 2. The summed E-state index contributed by atoms with van der Waals surface area (Å²) in [6.45, 7) is 4.08. The first-order valence-corrected chi connectivity index (χ1v) is 9.31. The first kappa shape index (κ1) is 19.0. The van der Waals surface area contributed by atoms with Gasteiger partial charge in [0, 0.05) is 17.7 Å². The van der Waals surface area contributed by atoms with E-state index < -0.39 is 12.0 Å². The molecular weight excluding hydrogens is 374 g/mol. The van der Waals surface area contributed by atoms with Crippen LogP contribution in [0.5, 0.6) is 11.5 Å². The van der Waals surface area contributed by atoms with Crippen LogP contribution in [0.3, 0.4) is 0 Å². The van der Waals surface area contributed by atoms with Crippen LogP contribution in [-0.2, 0) is 9.53 Å². The third kappa shape index (κ3) is 3.04. The van der Waals surface area contributed by atoms with E-state index in [1.54, 1.807) is 22.9 Å². The van der Waals surface area contributed by atoms with Gasteiger partial charge in [-0.1, -0.05) is 19.9 Å². The number of carbonyl (C=O) groups is 2. The monoisotopic (exact) mass is 397 g/mol. The number of nitrogens with zero attached hydrogens (tertiary/aromatic N) is 2. The Morgan fingerprint density at radius 3 is 2.72 bits per heavy atom. The van der Waals surface area contributed by atoms with Crippen LogP contribution in [0.15, 0.2) is 35.7 Å². The molecule has 0 amide bonds. The van der Waals surface area contributed by atoms with Gasteiger partial charge in [0.05, 0.1) is 20.4 Å². The molecule has 152 valence electrons. The van der Waals surface area contributed by atoms with Gasteiger partial charge < -0.3 is 19.9 Å². The lowest BCUT2D eigenvalue weighted by Crippen LogP contribution is -2.36. The van der Waals surface area contributed by atoms with E-state index in [1.807, 2.05) is 13.8 Å². The zero-order valence-electron chi connectivity index (χ0n) is 16.8. The number of ether oxygens (including phenoxy) is 2. The topological polar surface area (TPSA) is 103 Å². The number of hydrogen-bond acceptors (Lipinski definition) is 7. The van der Waals surface area contributed by atoms with Gasteiger partial charge >= 0.3 is 5.97 Å². The molecule has 1 atom stereocenters. The molecule has 29 heavy (non-hydrogen) atoms. The highest BCUT2D eigenvalue weighted by Gasteiger charge is 2.42. The minimum Gasteiger partial charge on any atom is -0.504 e. The molecule has 2 aliphatic rings. The van der Waals surface area contributed by atoms with E-state index in [1.165, 1.54) is 20.4 Å². The number of benzene rings is 1. The lowest BCUT2D eigenvalue weighted by atomic mass is 9.73. The number of aromatic nitrogens is 2. The van der Waals surface area contributed by atoms with Crippen molar-refractivity contribution in [3.8, 4) is 11.5 Å². The van der Waals surface area contributed by atoms with Gasteiger partial charge in [-0.05, 0) is 29.5 Å². The number of phenolic OH excluding ortho intramolecular Hbond substituents is 1. The van der Waals surface area contributed by atoms with Crippen molar-refractivity contribution in [3.63, 3.8) is 0 Å². The van der Waals surface area contributed by atoms with E-state index in [0.29, 0.717) is 35.5 Å². The minimum absolute atomic E-state index is 0.0184. The smallest absolute Gasteiger partial charge is 0.343 e. The minimum atomic E-state index is -0.569. The van der Waals surface area contributed by atoms with Crippen LogP contribution in [0, 0.1) is 5.41 Å². The van der Waals surface area contributed by atoms with Gasteiger partial charge in [0.15, 0.2) is 17.3 Å². The molecule has 2 heterocycles. The van der Waals surface area contributed by atoms with Crippen molar-refractivity contribution >= 4 is 17.6 Å². The molecule has 0 radical (unpaired) electrons. The highest BCUT2D eigenvalue weighted by molar-refractivity contribution is 6.01. The molecule has 0 fully saturated rings. The number of methoxy groups -OCH3 is 2. The molecule has 0 unspecified atom stereocenters. The number of anilines is 1. The Morgan fingerprint density at radius 1 is 1.31 bits per heavy atom. The van der Waals surface area contributed by atoms with E-state index >= 15 is 0 Å². The Bertz CT molecular complexity index is 1050. The first-order valence-electron chi connectivity index (χ1n) is 9.31. The molecule has 8 heteroatoms. The Kier molecular flexibility index (Phi) is 4.37. The van der Waals surface area contributed by atoms with E-state index in [9.17, 15) is 14.7 Å². The summed E-state index contributed by atoms with van der Waals surface area (Å²) in [6.07, 6.45) is 2.49. The zero-order chi connectivity index (χ0) is 20.9. The van der Waals surface area contributed by atoms with Crippen LogP contribution in [0.1, 0.15) is 48.7 Å². The quantitative estimate of drug-likeness (QED) is 0.768. The largest absolute Gasteiger partial charge is 0.504 e. The second-order valence-corrected chi connectivity index (χ2v) is 8.13. The summed E-state index contributed by atoms with van der Waals surface area (Å²) < 4.78 is 11.6. The lowest BCUT2D eigenvalue weighted by molar-refractivity contribution is -0.118. The number of carbonyl (C=O) groups excluding carboxylic acids is 2. The maximum atomic E-state index is 13.1. The second kappa shape index (κ2) is 6.65. The van der Waals surface area contributed by atoms with Gasteiger partial charge in [0.25, 0.3) is 0 Å². The number of allylic oxidation sites excluding steroid dienone is 2. The zero-order valence-corrected chi connectivity index (χ0v) is 16.8. The summed E-state index contributed by atoms with van der Waals surface area (Å²) in [5.74, 6) is 0.284. The van der Waals surface area contributed by atoms with Crippen molar-refractivity contribution in [2.45, 2.75) is 32.7 Å². The molecule has 4 rings (SSSR count). The molecule has 8 nitrogen and oxygen atoms in total.